The van der Waals surface area contributed by atoms with Gasteiger partial charge < -0.3 is 5.11 Å². The van der Waals surface area contributed by atoms with Crippen LogP contribution in [0.15, 0.2) is 34.1 Å². The van der Waals surface area contributed by atoms with E-state index in [9.17, 15) is 9.90 Å². The predicted molar refractivity (Wildman–Crippen MR) is 128 cm³/mol. The van der Waals surface area contributed by atoms with Gasteiger partial charge in [-0.2, -0.15) is 5.10 Å². The minimum absolute atomic E-state index is 0.269. The zero-order valence-corrected chi connectivity index (χ0v) is 20.7. The third-order valence-corrected chi connectivity index (χ3v) is 7.39. The lowest BCUT2D eigenvalue weighted by molar-refractivity contribution is 0.0463. The maximum Gasteiger partial charge on any atom is 0.286 e. The highest BCUT2D eigenvalue weighted by Crippen LogP contribution is 2.38. The van der Waals surface area contributed by atoms with Crippen LogP contribution in [0.4, 0.5) is 0 Å². The van der Waals surface area contributed by atoms with Crippen LogP contribution >= 0.6 is 50.5 Å². The van der Waals surface area contributed by atoms with Gasteiger partial charge in [0, 0.05) is 23.7 Å². The van der Waals surface area contributed by atoms with Gasteiger partial charge >= 0.3 is 0 Å². The molecule has 0 atom stereocenters. The number of hydrogen-bond donors (Lipinski definition) is 2. The summed E-state index contributed by atoms with van der Waals surface area (Å²) in [6.07, 6.45) is 1.57. The lowest BCUT2D eigenvalue weighted by Crippen LogP contribution is -2.47. The van der Waals surface area contributed by atoms with Crippen LogP contribution in [-0.2, 0) is 6.42 Å². The van der Waals surface area contributed by atoms with E-state index in [4.69, 9.17) is 28.3 Å². The molecule has 1 saturated heterocycles. The second-order valence-corrected chi connectivity index (χ2v) is 10.6. The summed E-state index contributed by atoms with van der Waals surface area (Å²) in [5, 5.41) is 17.2. The van der Waals surface area contributed by atoms with E-state index in [0.29, 0.717) is 53.8 Å². The van der Waals surface area contributed by atoms with Crippen molar-refractivity contribution >= 4 is 56.4 Å². The van der Waals surface area contributed by atoms with Gasteiger partial charge in [-0.25, -0.2) is 9.69 Å². The van der Waals surface area contributed by atoms with Crippen LogP contribution in [0.1, 0.15) is 35.8 Å². The fourth-order valence-corrected chi connectivity index (χ4v) is 5.60. The molecule has 3 aromatic rings. The third kappa shape index (κ3) is 4.84. The SMILES string of the molecule is CCc1c(C(=O)NN2CCC(O)CC2)nn(-c2ccc(Cl)cc2Cl)c1-c1ccc(Br)s1. The van der Waals surface area contributed by atoms with Crippen LogP contribution in [-0.4, -0.2) is 45.0 Å². The Hall–Kier alpha value is -1.42. The van der Waals surface area contributed by atoms with Crippen LogP contribution < -0.4 is 5.43 Å². The number of rotatable bonds is 5. The molecule has 2 N–H and O–H groups in total. The summed E-state index contributed by atoms with van der Waals surface area (Å²) in [5.41, 5.74) is 5.64. The van der Waals surface area contributed by atoms with Crippen molar-refractivity contribution in [2.45, 2.75) is 32.3 Å². The molecular formula is C21H21BrCl2N4O2S. The number of hydrazine groups is 1. The summed E-state index contributed by atoms with van der Waals surface area (Å²) in [6, 6.07) is 9.19. The molecule has 0 unspecified atom stereocenters. The zero-order chi connectivity index (χ0) is 22.1. The Kier molecular flexibility index (Phi) is 7.05. The van der Waals surface area contributed by atoms with Gasteiger partial charge in [-0.3, -0.25) is 10.2 Å². The molecule has 0 radical (unpaired) electrons. The molecule has 0 spiro atoms. The van der Waals surface area contributed by atoms with Gasteiger partial charge in [0.25, 0.3) is 5.91 Å². The summed E-state index contributed by atoms with van der Waals surface area (Å²) < 4.78 is 2.71. The first-order chi connectivity index (χ1) is 14.9. The summed E-state index contributed by atoms with van der Waals surface area (Å²) in [4.78, 5) is 14.2. The van der Waals surface area contributed by atoms with Crippen molar-refractivity contribution in [2.24, 2.45) is 0 Å². The maximum atomic E-state index is 13.2. The Bertz CT molecular complexity index is 1110. The highest BCUT2D eigenvalue weighted by atomic mass is 79.9. The van der Waals surface area contributed by atoms with Gasteiger partial charge in [-0.1, -0.05) is 30.1 Å². The van der Waals surface area contributed by atoms with E-state index in [-0.39, 0.29) is 12.0 Å². The number of aliphatic hydroxyl groups is 1. The van der Waals surface area contributed by atoms with Crippen LogP contribution in [0.3, 0.4) is 0 Å². The lowest BCUT2D eigenvalue weighted by Gasteiger charge is -2.29. The van der Waals surface area contributed by atoms with E-state index in [1.165, 1.54) is 0 Å². The topological polar surface area (TPSA) is 70.4 Å². The number of carbonyl (C=O) groups excluding carboxylic acids is 1. The predicted octanol–water partition coefficient (Wildman–Crippen LogP) is 5.33. The summed E-state index contributed by atoms with van der Waals surface area (Å²) in [7, 11) is 0. The van der Waals surface area contributed by atoms with E-state index in [1.807, 2.05) is 24.1 Å². The van der Waals surface area contributed by atoms with Gasteiger partial charge in [0.15, 0.2) is 5.69 Å². The lowest BCUT2D eigenvalue weighted by atomic mass is 10.1. The van der Waals surface area contributed by atoms with Crippen molar-refractivity contribution < 1.29 is 9.90 Å². The molecule has 6 nitrogen and oxygen atoms in total. The van der Waals surface area contributed by atoms with Crippen molar-refractivity contribution in [3.8, 4) is 16.3 Å². The molecule has 31 heavy (non-hydrogen) atoms. The van der Waals surface area contributed by atoms with E-state index >= 15 is 0 Å². The summed E-state index contributed by atoms with van der Waals surface area (Å²) >= 11 is 17.7. The highest BCUT2D eigenvalue weighted by Gasteiger charge is 2.27. The fourth-order valence-electron chi connectivity index (χ4n) is 3.66. The van der Waals surface area contributed by atoms with E-state index < -0.39 is 0 Å². The highest BCUT2D eigenvalue weighted by molar-refractivity contribution is 9.11. The molecular weight excluding hydrogens is 523 g/mol. The van der Waals surface area contributed by atoms with Crippen molar-refractivity contribution in [3.63, 3.8) is 0 Å². The number of amides is 1. The van der Waals surface area contributed by atoms with Crippen LogP contribution in [0.2, 0.25) is 10.0 Å². The van der Waals surface area contributed by atoms with E-state index in [1.54, 1.807) is 34.2 Å². The van der Waals surface area contributed by atoms with Crippen molar-refractivity contribution in [1.29, 1.82) is 0 Å². The van der Waals surface area contributed by atoms with Crippen LogP contribution in [0.25, 0.3) is 16.3 Å². The Labute approximate surface area is 202 Å². The number of halogens is 3. The number of benzene rings is 1. The number of nitrogens with zero attached hydrogens (tertiary/aromatic N) is 3. The van der Waals surface area contributed by atoms with Gasteiger partial charge in [0.2, 0.25) is 0 Å². The third-order valence-electron chi connectivity index (χ3n) is 5.22. The van der Waals surface area contributed by atoms with Crippen LogP contribution in [0.5, 0.6) is 0 Å². The maximum absolute atomic E-state index is 13.2. The van der Waals surface area contributed by atoms with E-state index in [2.05, 4.69) is 21.4 Å². The molecule has 1 amide bonds. The number of thiophene rings is 1. The second-order valence-electron chi connectivity index (χ2n) is 7.30. The molecule has 164 valence electrons. The minimum atomic E-state index is -0.311. The Balaban J connectivity index is 1.79. The molecule has 0 saturated carbocycles. The molecule has 1 aliphatic heterocycles. The van der Waals surface area contributed by atoms with E-state index in [0.717, 1.165) is 19.9 Å². The molecule has 2 aromatic heterocycles. The fraction of sp³-hybridized carbons (Fsp3) is 0.333. The Morgan fingerprint density at radius 1 is 1.29 bits per heavy atom. The standard InChI is InChI=1S/C21H21BrCl2N4O2S/c1-2-14-19(21(30)26-27-9-7-13(29)8-10-27)25-28(16-4-3-12(23)11-15(16)24)20(14)17-5-6-18(22)31-17/h3-6,11,13,29H,2,7-10H2,1H3,(H,26,30). The molecule has 1 aromatic carbocycles. The Morgan fingerprint density at radius 2 is 2.03 bits per heavy atom. The molecule has 1 fully saturated rings. The Morgan fingerprint density at radius 3 is 2.65 bits per heavy atom. The van der Waals surface area contributed by atoms with Crippen molar-refractivity contribution in [2.75, 3.05) is 13.1 Å². The largest absolute Gasteiger partial charge is 0.393 e. The summed E-state index contributed by atoms with van der Waals surface area (Å²) in [5.74, 6) is -0.269. The first-order valence-electron chi connectivity index (χ1n) is 9.94. The number of piperidine rings is 1. The number of aromatic nitrogens is 2. The number of aliphatic hydroxyl groups excluding tert-OH is 1. The average Bonchev–Trinajstić information content (AvgIpc) is 3.33. The number of hydrogen-bond acceptors (Lipinski definition) is 5. The summed E-state index contributed by atoms with van der Waals surface area (Å²) in [6.45, 7) is 3.20. The molecule has 0 aliphatic carbocycles. The first-order valence-corrected chi connectivity index (χ1v) is 12.3. The average molecular weight is 544 g/mol. The van der Waals surface area contributed by atoms with Gasteiger partial charge in [0.1, 0.15) is 0 Å². The van der Waals surface area contributed by atoms with Crippen molar-refractivity contribution in [3.05, 3.63) is 55.4 Å². The molecule has 1 aliphatic rings. The quantitative estimate of drug-likeness (QED) is 0.456. The van der Waals surface area contributed by atoms with Crippen molar-refractivity contribution in [1.82, 2.24) is 20.2 Å². The zero-order valence-electron chi connectivity index (χ0n) is 16.7. The number of carbonyl (C=O) groups is 1. The molecule has 3 heterocycles. The monoisotopic (exact) mass is 542 g/mol. The van der Waals surface area contributed by atoms with Gasteiger partial charge in [-0.05, 0) is 65.5 Å². The number of nitrogens with one attached hydrogen (secondary N) is 1. The molecule has 0 bridgehead atoms. The normalized spacial score (nSPS) is 15.4. The molecule has 10 heteroatoms. The smallest absolute Gasteiger partial charge is 0.286 e. The van der Waals surface area contributed by atoms with Gasteiger partial charge in [-0.15, -0.1) is 11.3 Å². The minimum Gasteiger partial charge on any atom is -0.393 e. The van der Waals surface area contributed by atoms with Crippen LogP contribution in [0, 0.1) is 0 Å². The molecule has 4 rings (SSSR count). The second kappa shape index (κ2) is 9.60. The van der Waals surface area contributed by atoms with Gasteiger partial charge in [0.05, 0.1) is 31.2 Å². The first kappa shape index (κ1) is 22.8.